The first kappa shape index (κ1) is 19.7. The number of aromatic nitrogens is 3. The van der Waals surface area contributed by atoms with Crippen molar-refractivity contribution in [1.82, 2.24) is 9.25 Å². The standard InChI is InChI=1S/C18H13ClN3O.BF4/c19-14-9-11-16(12-10-14)22-18(23)21(15-6-2-1-3-7-15)17-8-4-5-13-20(17)22;2-1(3,4)5/h1-13H;/q+1;-1. The molecule has 2 heterocycles. The number of hydrogen-bond donors (Lipinski definition) is 0. The molecule has 0 atom stereocenters. The second-order valence-corrected chi connectivity index (χ2v) is 6.08. The Balaban J connectivity index is 0.000000403. The van der Waals surface area contributed by atoms with Crippen LogP contribution in [0.5, 0.6) is 0 Å². The average Bonchev–Trinajstić information content (AvgIpc) is 2.94. The van der Waals surface area contributed by atoms with E-state index in [9.17, 15) is 22.1 Å². The Morgan fingerprint density at radius 3 is 1.96 bits per heavy atom. The molecule has 4 nitrogen and oxygen atoms in total. The SMILES string of the molecule is F[B-](F)(F)F.O=c1n(-c2ccccc2)c2cccc[n+]2n1-c1ccc(Cl)cc1. The van der Waals surface area contributed by atoms with Gasteiger partial charge in [0.15, 0.2) is 0 Å². The Bertz CT molecular complexity index is 1140. The molecule has 0 aliphatic heterocycles. The van der Waals surface area contributed by atoms with Crippen LogP contribution in [-0.4, -0.2) is 16.5 Å². The third-order valence-corrected chi connectivity index (χ3v) is 3.97. The van der Waals surface area contributed by atoms with Crippen molar-refractivity contribution in [2.75, 3.05) is 0 Å². The smallest absolute Gasteiger partial charge is 0.418 e. The van der Waals surface area contributed by atoms with Crippen LogP contribution in [0, 0.1) is 0 Å². The van der Waals surface area contributed by atoms with Gasteiger partial charge in [-0.3, -0.25) is 0 Å². The minimum Gasteiger partial charge on any atom is -0.418 e. The fourth-order valence-corrected chi connectivity index (χ4v) is 2.82. The quantitative estimate of drug-likeness (QED) is 0.276. The molecule has 0 radical (unpaired) electrons. The maximum atomic E-state index is 13.0. The van der Waals surface area contributed by atoms with E-state index in [2.05, 4.69) is 0 Å². The molecule has 0 saturated heterocycles. The van der Waals surface area contributed by atoms with Gasteiger partial charge in [0.25, 0.3) is 0 Å². The van der Waals surface area contributed by atoms with E-state index >= 15 is 0 Å². The maximum absolute atomic E-state index is 13.0. The summed E-state index contributed by atoms with van der Waals surface area (Å²) < 4.78 is 44.1. The summed E-state index contributed by atoms with van der Waals surface area (Å²) in [6, 6.07) is 22.5. The van der Waals surface area contributed by atoms with E-state index in [0.717, 1.165) is 17.0 Å². The Morgan fingerprint density at radius 1 is 0.786 bits per heavy atom. The molecule has 0 unspecified atom stereocenters. The van der Waals surface area contributed by atoms with Crippen molar-refractivity contribution < 1.29 is 21.8 Å². The highest BCUT2D eigenvalue weighted by molar-refractivity contribution is 6.50. The maximum Gasteiger partial charge on any atom is 0.673 e. The summed E-state index contributed by atoms with van der Waals surface area (Å²) in [5.74, 6) is 0. The molecular formula is C18H13BClF4N3O. The number of rotatable bonds is 2. The number of nitrogens with zero attached hydrogens (tertiary/aromatic N) is 3. The van der Waals surface area contributed by atoms with E-state index in [1.54, 1.807) is 21.4 Å². The molecule has 4 aromatic rings. The van der Waals surface area contributed by atoms with Crippen LogP contribution in [0.3, 0.4) is 0 Å². The normalized spacial score (nSPS) is 11.2. The summed E-state index contributed by atoms with van der Waals surface area (Å²) in [4.78, 5) is 13.0. The lowest BCUT2D eigenvalue weighted by Gasteiger charge is -1.98. The first-order valence-corrected chi connectivity index (χ1v) is 8.46. The Morgan fingerprint density at radius 2 is 1.36 bits per heavy atom. The van der Waals surface area contributed by atoms with Crippen LogP contribution in [0.4, 0.5) is 17.3 Å². The predicted molar refractivity (Wildman–Crippen MR) is 99.7 cm³/mol. The first-order chi connectivity index (χ1) is 13.3. The van der Waals surface area contributed by atoms with Gasteiger partial charge in [0.1, 0.15) is 11.9 Å². The van der Waals surface area contributed by atoms with Crippen molar-refractivity contribution in [1.29, 1.82) is 0 Å². The van der Waals surface area contributed by atoms with E-state index in [1.807, 2.05) is 71.4 Å². The number of halogens is 5. The number of pyridine rings is 1. The molecule has 0 N–H and O–H groups in total. The summed E-state index contributed by atoms with van der Waals surface area (Å²) in [6.07, 6.45) is 1.87. The minimum atomic E-state index is -6.00. The van der Waals surface area contributed by atoms with Gasteiger partial charge in [0.05, 0.1) is 5.69 Å². The molecule has 2 aromatic heterocycles. The lowest BCUT2D eigenvalue weighted by atomic mass is 10.3. The molecule has 0 amide bonds. The van der Waals surface area contributed by atoms with Gasteiger partial charge < -0.3 is 17.3 Å². The summed E-state index contributed by atoms with van der Waals surface area (Å²) in [6.45, 7) is 0. The molecule has 0 aliphatic rings. The Kier molecular flexibility index (Phi) is 5.55. The number of para-hydroxylation sites is 1. The van der Waals surface area contributed by atoms with Crippen LogP contribution in [0.2, 0.25) is 5.02 Å². The summed E-state index contributed by atoms with van der Waals surface area (Å²) in [5.41, 5.74) is 2.24. The Labute approximate surface area is 161 Å². The van der Waals surface area contributed by atoms with Gasteiger partial charge in [-0.05, 0) is 42.5 Å². The van der Waals surface area contributed by atoms with E-state index < -0.39 is 7.25 Å². The van der Waals surface area contributed by atoms with Crippen molar-refractivity contribution in [3.05, 3.63) is 94.5 Å². The molecule has 0 fully saturated rings. The van der Waals surface area contributed by atoms with Crippen LogP contribution in [0.25, 0.3) is 17.0 Å². The van der Waals surface area contributed by atoms with E-state index in [4.69, 9.17) is 11.6 Å². The topological polar surface area (TPSA) is 31.0 Å². The largest absolute Gasteiger partial charge is 0.673 e. The molecule has 0 saturated carbocycles. The molecule has 144 valence electrons. The second-order valence-electron chi connectivity index (χ2n) is 5.64. The first-order valence-electron chi connectivity index (χ1n) is 8.09. The molecule has 0 aliphatic carbocycles. The molecule has 28 heavy (non-hydrogen) atoms. The summed E-state index contributed by atoms with van der Waals surface area (Å²) in [7, 11) is -6.00. The van der Waals surface area contributed by atoms with Crippen LogP contribution < -0.4 is 10.2 Å². The van der Waals surface area contributed by atoms with Crippen LogP contribution in [0.1, 0.15) is 0 Å². The monoisotopic (exact) mass is 409 g/mol. The highest BCUT2D eigenvalue weighted by atomic mass is 35.5. The van der Waals surface area contributed by atoms with Crippen LogP contribution in [0.15, 0.2) is 83.8 Å². The van der Waals surface area contributed by atoms with E-state index in [1.165, 1.54) is 0 Å². The zero-order chi connectivity index (χ0) is 20.3. The van der Waals surface area contributed by atoms with Gasteiger partial charge in [-0.2, -0.15) is 0 Å². The highest BCUT2D eigenvalue weighted by Gasteiger charge is 2.23. The average molecular weight is 410 g/mol. The van der Waals surface area contributed by atoms with Crippen molar-refractivity contribution in [2.45, 2.75) is 0 Å². The number of fused-ring (bicyclic) bond motifs is 1. The molecule has 10 heteroatoms. The summed E-state index contributed by atoms with van der Waals surface area (Å²) >= 11 is 5.96. The second kappa shape index (κ2) is 7.89. The molecule has 4 rings (SSSR count). The van der Waals surface area contributed by atoms with Gasteiger partial charge >= 0.3 is 18.6 Å². The van der Waals surface area contributed by atoms with Crippen LogP contribution >= 0.6 is 11.6 Å². The molecule has 2 aromatic carbocycles. The van der Waals surface area contributed by atoms with Gasteiger partial charge in [-0.1, -0.05) is 35.9 Å². The third kappa shape index (κ3) is 4.43. The van der Waals surface area contributed by atoms with Crippen molar-refractivity contribution in [3.63, 3.8) is 0 Å². The van der Waals surface area contributed by atoms with Gasteiger partial charge in [-0.15, -0.1) is 13.8 Å². The summed E-state index contributed by atoms with van der Waals surface area (Å²) in [5, 5.41) is 0.638. The van der Waals surface area contributed by atoms with Crippen molar-refractivity contribution in [2.24, 2.45) is 0 Å². The fourth-order valence-electron chi connectivity index (χ4n) is 2.69. The zero-order valence-electron chi connectivity index (χ0n) is 14.2. The van der Waals surface area contributed by atoms with Gasteiger partial charge in [0, 0.05) is 11.1 Å². The molecule has 0 bridgehead atoms. The van der Waals surface area contributed by atoms with Gasteiger partial charge in [0.2, 0.25) is 0 Å². The van der Waals surface area contributed by atoms with E-state index in [0.29, 0.717) is 5.02 Å². The highest BCUT2D eigenvalue weighted by Crippen LogP contribution is 2.13. The lowest BCUT2D eigenvalue weighted by molar-refractivity contribution is -0.600. The van der Waals surface area contributed by atoms with Gasteiger partial charge in [-0.25, -0.2) is 4.79 Å². The van der Waals surface area contributed by atoms with Crippen molar-refractivity contribution in [3.8, 4) is 11.4 Å². The predicted octanol–water partition coefficient (Wildman–Crippen LogP) is 4.32. The lowest BCUT2D eigenvalue weighted by Crippen LogP contribution is -2.36. The number of benzene rings is 2. The van der Waals surface area contributed by atoms with Crippen molar-refractivity contribution >= 4 is 24.5 Å². The Hall–Kier alpha value is -3.07. The van der Waals surface area contributed by atoms with E-state index in [-0.39, 0.29) is 5.69 Å². The minimum absolute atomic E-state index is 0.135. The number of hydrogen-bond acceptors (Lipinski definition) is 1. The fraction of sp³-hybridized carbons (Fsp3) is 0. The molecular weight excluding hydrogens is 396 g/mol. The van der Waals surface area contributed by atoms with Crippen LogP contribution in [-0.2, 0) is 0 Å². The third-order valence-electron chi connectivity index (χ3n) is 3.72. The molecule has 0 spiro atoms. The zero-order valence-corrected chi connectivity index (χ0v) is 15.0.